The van der Waals surface area contributed by atoms with E-state index in [1.165, 1.54) is 5.69 Å². The number of anilines is 2. The Hall–Kier alpha value is -2.57. The predicted octanol–water partition coefficient (Wildman–Crippen LogP) is 2.72. The van der Waals surface area contributed by atoms with E-state index in [0.717, 1.165) is 45.0 Å². The number of carbonyl (C=O) groups excluding carboxylic acids is 1. The summed E-state index contributed by atoms with van der Waals surface area (Å²) in [6, 6.07) is 15.2. The molecule has 2 aromatic rings. The summed E-state index contributed by atoms with van der Waals surface area (Å²) in [5.74, 6) is 0.524. The van der Waals surface area contributed by atoms with E-state index in [-0.39, 0.29) is 5.91 Å². The standard InChI is InChI=1S/C21H27N3O3/c1-26-15-14-23-10-12-24(13-11-23)19-8-6-18(7-9-19)22-21(25)17-4-3-5-20(16-17)27-2/h3-9,16H,10-15H2,1-2H3,(H,22,25). The van der Waals surface area contributed by atoms with Gasteiger partial charge < -0.3 is 19.7 Å². The van der Waals surface area contributed by atoms with E-state index < -0.39 is 0 Å². The molecule has 1 heterocycles. The normalized spacial score (nSPS) is 14.8. The minimum Gasteiger partial charge on any atom is -0.497 e. The highest BCUT2D eigenvalue weighted by Crippen LogP contribution is 2.20. The molecule has 3 rings (SSSR count). The zero-order valence-electron chi connectivity index (χ0n) is 16.0. The summed E-state index contributed by atoms with van der Waals surface area (Å²) in [4.78, 5) is 17.2. The number of ether oxygens (including phenoxy) is 2. The quantitative estimate of drug-likeness (QED) is 0.813. The van der Waals surface area contributed by atoms with E-state index in [1.54, 1.807) is 26.4 Å². The second kappa shape index (κ2) is 9.39. The first-order valence-corrected chi connectivity index (χ1v) is 9.21. The topological polar surface area (TPSA) is 54.0 Å². The van der Waals surface area contributed by atoms with Gasteiger partial charge in [0.05, 0.1) is 13.7 Å². The molecule has 1 aliphatic rings. The molecular formula is C21H27N3O3. The summed E-state index contributed by atoms with van der Waals surface area (Å²) in [5.41, 5.74) is 2.54. The summed E-state index contributed by atoms with van der Waals surface area (Å²) in [6.45, 7) is 5.84. The van der Waals surface area contributed by atoms with Crippen molar-refractivity contribution in [1.29, 1.82) is 0 Å². The molecule has 1 N–H and O–H groups in total. The SMILES string of the molecule is COCCN1CCN(c2ccc(NC(=O)c3cccc(OC)c3)cc2)CC1. The van der Waals surface area contributed by atoms with Gasteiger partial charge in [0.2, 0.25) is 0 Å². The molecule has 2 aromatic carbocycles. The summed E-state index contributed by atoms with van der Waals surface area (Å²) >= 11 is 0. The van der Waals surface area contributed by atoms with Gasteiger partial charge in [0.1, 0.15) is 5.75 Å². The highest BCUT2D eigenvalue weighted by atomic mass is 16.5. The molecule has 1 aliphatic heterocycles. The molecule has 1 amide bonds. The number of nitrogens with zero attached hydrogens (tertiary/aromatic N) is 2. The van der Waals surface area contributed by atoms with Crippen molar-refractivity contribution in [2.45, 2.75) is 0 Å². The molecule has 0 saturated carbocycles. The lowest BCUT2D eigenvalue weighted by Gasteiger charge is -2.36. The van der Waals surface area contributed by atoms with Crippen LogP contribution in [0.25, 0.3) is 0 Å². The van der Waals surface area contributed by atoms with Gasteiger partial charge >= 0.3 is 0 Å². The molecule has 27 heavy (non-hydrogen) atoms. The molecule has 6 heteroatoms. The Balaban J connectivity index is 1.55. The van der Waals surface area contributed by atoms with Gasteiger partial charge in [-0.05, 0) is 42.5 Å². The molecule has 144 valence electrons. The number of hydrogen-bond acceptors (Lipinski definition) is 5. The van der Waals surface area contributed by atoms with Crippen molar-refractivity contribution in [3.05, 3.63) is 54.1 Å². The Labute approximate surface area is 160 Å². The first-order valence-electron chi connectivity index (χ1n) is 9.21. The number of rotatable bonds is 7. The number of methoxy groups -OCH3 is 2. The van der Waals surface area contributed by atoms with Crippen molar-refractivity contribution in [2.75, 3.05) is 63.8 Å². The van der Waals surface area contributed by atoms with Crippen molar-refractivity contribution in [1.82, 2.24) is 4.90 Å². The monoisotopic (exact) mass is 369 g/mol. The maximum atomic E-state index is 12.4. The maximum absolute atomic E-state index is 12.4. The third-order valence-corrected chi connectivity index (χ3v) is 4.81. The van der Waals surface area contributed by atoms with Crippen molar-refractivity contribution in [3.63, 3.8) is 0 Å². The van der Waals surface area contributed by atoms with Gasteiger partial charge in [0, 0.05) is 56.8 Å². The second-order valence-electron chi connectivity index (χ2n) is 6.55. The van der Waals surface area contributed by atoms with Crippen molar-refractivity contribution >= 4 is 17.3 Å². The van der Waals surface area contributed by atoms with Crippen molar-refractivity contribution < 1.29 is 14.3 Å². The fraction of sp³-hybridized carbons (Fsp3) is 0.381. The van der Waals surface area contributed by atoms with Gasteiger partial charge in [-0.15, -0.1) is 0 Å². The molecule has 1 fully saturated rings. The van der Waals surface area contributed by atoms with Crippen LogP contribution in [0.4, 0.5) is 11.4 Å². The van der Waals surface area contributed by atoms with Crippen molar-refractivity contribution in [3.8, 4) is 5.75 Å². The molecule has 0 radical (unpaired) electrons. The molecule has 0 bridgehead atoms. The fourth-order valence-corrected chi connectivity index (χ4v) is 3.17. The Bertz CT molecular complexity index is 741. The van der Waals surface area contributed by atoms with Gasteiger partial charge in [0.15, 0.2) is 0 Å². The zero-order chi connectivity index (χ0) is 19.1. The third kappa shape index (κ3) is 5.21. The fourth-order valence-electron chi connectivity index (χ4n) is 3.17. The molecule has 0 aliphatic carbocycles. The maximum Gasteiger partial charge on any atom is 0.255 e. The number of amides is 1. The molecular weight excluding hydrogens is 342 g/mol. The smallest absolute Gasteiger partial charge is 0.255 e. The number of hydrogen-bond donors (Lipinski definition) is 1. The average Bonchev–Trinajstić information content (AvgIpc) is 2.73. The summed E-state index contributed by atoms with van der Waals surface area (Å²) in [5, 5.41) is 2.93. The van der Waals surface area contributed by atoms with E-state index in [4.69, 9.17) is 9.47 Å². The molecule has 0 aromatic heterocycles. The first kappa shape index (κ1) is 19.2. The van der Waals surface area contributed by atoms with Crippen LogP contribution in [-0.4, -0.2) is 64.4 Å². The minimum atomic E-state index is -0.145. The van der Waals surface area contributed by atoms with Gasteiger partial charge in [-0.3, -0.25) is 9.69 Å². The van der Waals surface area contributed by atoms with Crippen LogP contribution in [0.2, 0.25) is 0 Å². The zero-order valence-corrected chi connectivity index (χ0v) is 16.0. The van der Waals surface area contributed by atoms with Crippen LogP contribution in [0.5, 0.6) is 5.75 Å². The van der Waals surface area contributed by atoms with Crippen LogP contribution < -0.4 is 15.0 Å². The van der Waals surface area contributed by atoms with Crippen LogP contribution in [0.1, 0.15) is 10.4 Å². The number of carbonyl (C=O) groups is 1. The van der Waals surface area contributed by atoms with Crippen LogP contribution in [-0.2, 0) is 4.74 Å². The Morgan fingerprint density at radius 1 is 1.04 bits per heavy atom. The van der Waals surface area contributed by atoms with E-state index in [2.05, 4.69) is 27.2 Å². The molecule has 0 spiro atoms. The molecule has 0 atom stereocenters. The lowest BCUT2D eigenvalue weighted by molar-refractivity contribution is 0.102. The second-order valence-corrected chi connectivity index (χ2v) is 6.55. The van der Waals surface area contributed by atoms with Crippen LogP contribution in [0.3, 0.4) is 0 Å². The predicted molar refractivity (Wildman–Crippen MR) is 108 cm³/mol. The highest BCUT2D eigenvalue weighted by Gasteiger charge is 2.17. The minimum absolute atomic E-state index is 0.145. The summed E-state index contributed by atoms with van der Waals surface area (Å²) in [6.07, 6.45) is 0. The molecule has 1 saturated heterocycles. The Morgan fingerprint density at radius 3 is 2.44 bits per heavy atom. The Morgan fingerprint density at radius 2 is 1.78 bits per heavy atom. The lowest BCUT2D eigenvalue weighted by Crippen LogP contribution is -2.47. The number of nitrogens with one attached hydrogen (secondary N) is 1. The average molecular weight is 369 g/mol. The Kier molecular flexibility index (Phi) is 6.68. The van der Waals surface area contributed by atoms with E-state index in [1.807, 2.05) is 24.3 Å². The molecule has 0 unspecified atom stereocenters. The number of piperazine rings is 1. The van der Waals surface area contributed by atoms with Gasteiger partial charge in [-0.25, -0.2) is 0 Å². The van der Waals surface area contributed by atoms with Crippen LogP contribution >= 0.6 is 0 Å². The van der Waals surface area contributed by atoms with Gasteiger partial charge in [-0.1, -0.05) is 6.07 Å². The highest BCUT2D eigenvalue weighted by molar-refractivity contribution is 6.04. The van der Waals surface area contributed by atoms with E-state index in [9.17, 15) is 4.79 Å². The van der Waals surface area contributed by atoms with Crippen LogP contribution in [0, 0.1) is 0 Å². The van der Waals surface area contributed by atoms with Gasteiger partial charge in [0.25, 0.3) is 5.91 Å². The van der Waals surface area contributed by atoms with E-state index in [0.29, 0.717) is 11.3 Å². The van der Waals surface area contributed by atoms with E-state index >= 15 is 0 Å². The van der Waals surface area contributed by atoms with Gasteiger partial charge in [-0.2, -0.15) is 0 Å². The lowest BCUT2D eigenvalue weighted by atomic mass is 10.2. The summed E-state index contributed by atoms with van der Waals surface area (Å²) < 4.78 is 10.3. The van der Waals surface area contributed by atoms with Crippen molar-refractivity contribution in [2.24, 2.45) is 0 Å². The molecule has 6 nitrogen and oxygen atoms in total. The first-order chi connectivity index (χ1) is 13.2. The largest absolute Gasteiger partial charge is 0.497 e. The number of benzene rings is 2. The van der Waals surface area contributed by atoms with Crippen LogP contribution in [0.15, 0.2) is 48.5 Å². The third-order valence-electron chi connectivity index (χ3n) is 4.81. The summed E-state index contributed by atoms with van der Waals surface area (Å²) in [7, 11) is 3.33.